The van der Waals surface area contributed by atoms with E-state index in [4.69, 9.17) is 21.1 Å². The molecule has 0 saturated heterocycles. The van der Waals surface area contributed by atoms with Gasteiger partial charge in [-0.15, -0.1) is 0 Å². The topological polar surface area (TPSA) is 97.8 Å². The van der Waals surface area contributed by atoms with E-state index in [1.807, 2.05) is 0 Å². The van der Waals surface area contributed by atoms with Crippen molar-refractivity contribution in [2.45, 2.75) is 12.3 Å². The summed E-state index contributed by atoms with van der Waals surface area (Å²) in [5.74, 6) is -0.799. The number of halogens is 2. The van der Waals surface area contributed by atoms with Crippen LogP contribution in [0.4, 0.5) is 10.2 Å². The first kappa shape index (κ1) is 24.3. The number of carbonyl (C=O) groups is 2. The largest absolute Gasteiger partial charge is 0.493 e. The Morgan fingerprint density at radius 2 is 1.81 bits per heavy atom. The van der Waals surface area contributed by atoms with E-state index >= 15 is 0 Å². The van der Waals surface area contributed by atoms with Crippen LogP contribution >= 0.6 is 11.6 Å². The van der Waals surface area contributed by atoms with Crippen molar-refractivity contribution in [3.63, 3.8) is 0 Å². The fourth-order valence-electron chi connectivity index (χ4n) is 4.00. The van der Waals surface area contributed by atoms with E-state index in [9.17, 15) is 19.1 Å². The Hall–Kier alpha value is -4.43. The molecular formula is C28H20ClFN2O5. The van der Waals surface area contributed by atoms with Crippen molar-refractivity contribution in [3.8, 4) is 28.5 Å². The molecule has 4 aromatic rings. The second-order valence-electron chi connectivity index (χ2n) is 8.34. The summed E-state index contributed by atoms with van der Waals surface area (Å²) in [6, 6.07) is 20.7. The molecule has 2 heterocycles. The molecule has 1 unspecified atom stereocenters. The van der Waals surface area contributed by atoms with Gasteiger partial charge in [0.15, 0.2) is 0 Å². The number of nitrogens with one attached hydrogen (secondary N) is 1. The lowest BCUT2D eigenvalue weighted by Crippen LogP contribution is -2.20. The maximum atomic E-state index is 13.2. The van der Waals surface area contributed by atoms with Crippen LogP contribution in [0.3, 0.4) is 0 Å². The number of fused-ring (bicyclic) bond motifs is 1. The number of carbonyl (C=O) groups excluding carboxylic acids is 1. The second-order valence-corrected chi connectivity index (χ2v) is 8.75. The molecule has 7 nitrogen and oxygen atoms in total. The Morgan fingerprint density at radius 1 is 1.05 bits per heavy atom. The molecule has 5 rings (SSSR count). The molecule has 37 heavy (non-hydrogen) atoms. The summed E-state index contributed by atoms with van der Waals surface area (Å²) in [5.41, 5.74) is 2.22. The van der Waals surface area contributed by atoms with Gasteiger partial charge in [0.05, 0.1) is 23.2 Å². The number of benzene rings is 3. The van der Waals surface area contributed by atoms with Crippen LogP contribution < -0.4 is 14.8 Å². The van der Waals surface area contributed by atoms with E-state index in [0.29, 0.717) is 46.3 Å². The van der Waals surface area contributed by atoms with Gasteiger partial charge in [-0.1, -0.05) is 17.7 Å². The Labute approximate surface area is 216 Å². The summed E-state index contributed by atoms with van der Waals surface area (Å²) in [6.45, 7) is 0.288. The molecule has 1 amide bonds. The normalized spacial score (nSPS) is 14.3. The molecule has 1 aliphatic rings. The molecule has 186 valence electrons. The average Bonchev–Trinajstić information content (AvgIpc) is 2.89. The van der Waals surface area contributed by atoms with Crippen LogP contribution in [0.1, 0.15) is 28.3 Å². The number of amides is 1. The van der Waals surface area contributed by atoms with Crippen LogP contribution in [0.5, 0.6) is 17.2 Å². The highest BCUT2D eigenvalue weighted by Gasteiger charge is 2.29. The van der Waals surface area contributed by atoms with E-state index in [1.54, 1.807) is 66.7 Å². The summed E-state index contributed by atoms with van der Waals surface area (Å²) < 4.78 is 24.7. The molecule has 0 bridgehead atoms. The van der Waals surface area contributed by atoms with Crippen LogP contribution in [0.15, 0.2) is 78.9 Å². The van der Waals surface area contributed by atoms with Gasteiger partial charge in [0.1, 0.15) is 28.9 Å². The minimum Gasteiger partial charge on any atom is -0.493 e. The molecule has 1 aromatic heterocycles. The average molecular weight is 519 g/mol. The van der Waals surface area contributed by atoms with Gasteiger partial charge < -0.3 is 19.9 Å². The van der Waals surface area contributed by atoms with Crippen molar-refractivity contribution < 1.29 is 28.6 Å². The Kier molecular flexibility index (Phi) is 6.74. The van der Waals surface area contributed by atoms with Crippen LogP contribution in [0.2, 0.25) is 5.02 Å². The molecule has 1 atom stereocenters. The SMILES string of the molecule is O=C(Nc1cccc(-c2ccc(F)cc2)n1)c1ccc(Oc2cc3c(cc2Cl)C(C(=O)O)CCO3)cc1. The smallest absolute Gasteiger partial charge is 0.311 e. The van der Waals surface area contributed by atoms with Crippen LogP contribution in [0.25, 0.3) is 11.3 Å². The standard InChI is InChI=1S/C28H20ClFN2O5/c29-22-14-21-20(28(34)35)12-13-36-24(21)15-25(22)37-19-10-6-17(7-11-19)27(33)32-26-3-1-2-23(31-26)16-4-8-18(30)9-5-16/h1-11,14-15,20H,12-13H2,(H,34,35)(H,31,32,33). The Morgan fingerprint density at radius 3 is 2.54 bits per heavy atom. The van der Waals surface area contributed by atoms with Gasteiger partial charge in [-0.3, -0.25) is 9.59 Å². The van der Waals surface area contributed by atoms with Gasteiger partial charge in [-0.25, -0.2) is 9.37 Å². The van der Waals surface area contributed by atoms with Gasteiger partial charge in [0, 0.05) is 22.8 Å². The minimum atomic E-state index is -0.930. The Bertz CT molecular complexity index is 1480. The number of anilines is 1. The summed E-state index contributed by atoms with van der Waals surface area (Å²) in [5, 5.41) is 12.4. The maximum Gasteiger partial charge on any atom is 0.311 e. The third kappa shape index (κ3) is 5.39. The van der Waals surface area contributed by atoms with Crippen molar-refractivity contribution in [1.82, 2.24) is 4.98 Å². The number of aliphatic carboxylic acids is 1. The zero-order valence-electron chi connectivity index (χ0n) is 19.3. The van der Waals surface area contributed by atoms with Crippen LogP contribution in [0, 0.1) is 5.82 Å². The summed E-state index contributed by atoms with van der Waals surface area (Å²) in [6.07, 6.45) is 0.369. The van der Waals surface area contributed by atoms with E-state index < -0.39 is 11.9 Å². The lowest BCUT2D eigenvalue weighted by atomic mass is 9.93. The number of carboxylic acid groups (broad SMARTS) is 1. The van der Waals surface area contributed by atoms with Gasteiger partial charge in [0.25, 0.3) is 5.91 Å². The quantitative estimate of drug-likeness (QED) is 0.301. The van der Waals surface area contributed by atoms with Crippen molar-refractivity contribution in [1.29, 1.82) is 0 Å². The van der Waals surface area contributed by atoms with Crippen LogP contribution in [-0.2, 0) is 4.79 Å². The van der Waals surface area contributed by atoms with Gasteiger partial charge in [0.2, 0.25) is 0 Å². The number of aromatic nitrogens is 1. The zero-order valence-corrected chi connectivity index (χ0v) is 20.0. The Balaban J connectivity index is 1.28. The van der Waals surface area contributed by atoms with Crippen molar-refractivity contribution >= 4 is 29.3 Å². The van der Waals surface area contributed by atoms with Gasteiger partial charge in [-0.05, 0) is 73.2 Å². The molecule has 1 aliphatic heterocycles. The van der Waals surface area contributed by atoms with Crippen molar-refractivity contribution in [2.75, 3.05) is 11.9 Å². The lowest BCUT2D eigenvalue weighted by Gasteiger charge is -2.24. The third-order valence-corrected chi connectivity index (χ3v) is 6.17. The fraction of sp³-hybridized carbons (Fsp3) is 0.107. The number of carboxylic acids is 1. The highest BCUT2D eigenvalue weighted by Crippen LogP contribution is 2.41. The van der Waals surface area contributed by atoms with E-state index in [-0.39, 0.29) is 23.4 Å². The highest BCUT2D eigenvalue weighted by molar-refractivity contribution is 6.32. The molecule has 3 aromatic carbocycles. The van der Waals surface area contributed by atoms with E-state index in [0.717, 1.165) is 5.56 Å². The first-order valence-corrected chi connectivity index (χ1v) is 11.8. The number of hydrogen-bond donors (Lipinski definition) is 2. The highest BCUT2D eigenvalue weighted by atomic mass is 35.5. The number of pyridine rings is 1. The molecule has 0 fully saturated rings. The molecule has 2 N–H and O–H groups in total. The minimum absolute atomic E-state index is 0.254. The molecule has 0 spiro atoms. The molecule has 0 radical (unpaired) electrons. The van der Waals surface area contributed by atoms with Crippen molar-refractivity contribution in [2.24, 2.45) is 0 Å². The van der Waals surface area contributed by atoms with E-state index in [2.05, 4.69) is 10.3 Å². The number of rotatable bonds is 6. The third-order valence-electron chi connectivity index (χ3n) is 5.88. The number of ether oxygens (including phenoxy) is 2. The first-order valence-electron chi connectivity index (χ1n) is 11.4. The van der Waals surface area contributed by atoms with Gasteiger partial charge >= 0.3 is 5.97 Å². The summed E-state index contributed by atoms with van der Waals surface area (Å²) in [7, 11) is 0. The first-order chi connectivity index (χ1) is 17.9. The van der Waals surface area contributed by atoms with Gasteiger partial charge in [-0.2, -0.15) is 0 Å². The number of nitrogens with zero attached hydrogens (tertiary/aromatic N) is 1. The monoisotopic (exact) mass is 518 g/mol. The fourth-order valence-corrected chi connectivity index (χ4v) is 4.21. The predicted molar refractivity (Wildman–Crippen MR) is 136 cm³/mol. The number of hydrogen-bond acceptors (Lipinski definition) is 5. The van der Waals surface area contributed by atoms with E-state index in [1.165, 1.54) is 12.1 Å². The molecule has 0 saturated carbocycles. The molecular weight excluding hydrogens is 499 g/mol. The second kappa shape index (κ2) is 10.3. The zero-order chi connectivity index (χ0) is 25.9. The molecule has 9 heteroatoms. The summed E-state index contributed by atoms with van der Waals surface area (Å²) in [4.78, 5) is 28.7. The maximum absolute atomic E-state index is 13.2. The van der Waals surface area contributed by atoms with Crippen molar-refractivity contribution in [3.05, 3.63) is 101 Å². The van der Waals surface area contributed by atoms with Crippen LogP contribution in [-0.4, -0.2) is 28.6 Å². The lowest BCUT2D eigenvalue weighted by molar-refractivity contribution is -0.139. The molecule has 0 aliphatic carbocycles. The summed E-state index contributed by atoms with van der Waals surface area (Å²) >= 11 is 6.35. The predicted octanol–water partition coefficient (Wildman–Crippen LogP) is 6.54.